The minimum Gasteiger partial charge on any atom is -0.431 e. The zero-order valence-electron chi connectivity index (χ0n) is 12.9. The Morgan fingerprint density at radius 3 is 2.62 bits per heavy atom. The normalized spacial score (nSPS) is 17.9. The number of imide groups is 1. The maximum atomic E-state index is 12.6. The Hall–Kier alpha value is -2.60. The number of aromatic nitrogens is 1. The summed E-state index contributed by atoms with van der Waals surface area (Å²) < 4.78 is 5.64. The Kier molecular flexibility index (Phi) is 3.61. The van der Waals surface area contributed by atoms with E-state index in [1.54, 1.807) is 12.1 Å². The number of nitrogens with zero attached hydrogens (tertiary/aromatic N) is 2. The van der Waals surface area contributed by atoms with Crippen LogP contribution in [0.4, 0.5) is 5.69 Å². The summed E-state index contributed by atoms with van der Waals surface area (Å²) in [5.74, 6) is -0.423. The minimum absolute atomic E-state index is 0.149. The number of carbonyl (C=O) groups excluding carboxylic acids is 2. The molecule has 6 heteroatoms. The average molecular weight is 338 g/mol. The third-order valence-electron chi connectivity index (χ3n) is 3.91. The molecule has 0 N–H and O–H groups in total. The summed E-state index contributed by atoms with van der Waals surface area (Å²) in [5, 5.41) is -0.0972. The third kappa shape index (κ3) is 2.59. The molecule has 1 aliphatic rings. The fourth-order valence-electron chi connectivity index (χ4n) is 2.68. The van der Waals surface area contributed by atoms with Gasteiger partial charge >= 0.3 is 0 Å². The van der Waals surface area contributed by atoms with Gasteiger partial charge in [0.15, 0.2) is 5.58 Å². The number of fused-ring (bicyclic) bond motifs is 1. The molecule has 4 rings (SSSR count). The lowest BCUT2D eigenvalue weighted by atomic mass is 10.2. The number of carbonyl (C=O) groups is 2. The van der Waals surface area contributed by atoms with E-state index in [9.17, 15) is 9.59 Å². The molecule has 1 atom stereocenters. The Bertz CT molecular complexity index is 900. The number of anilines is 1. The van der Waals surface area contributed by atoms with Gasteiger partial charge in [0.1, 0.15) is 10.8 Å². The molecule has 1 unspecified atom stereocenters. The maximum Gasteiger partial charge on any atom is 0.257 e. The number of para-hydroxylation sites is 2. The van der Waals surface area contributed by atoms with Gasteiger partial charge in [-0.2, -0.15) is 0 Å². The molecule has 1 aromatic heterocycles. The zero-order valence-corrected chi connectivity index (χ0v) is 13.7. The lowest BCUT2D eigenvalue weighted by Crippen LogP contribution is -2.31. The summed E-state index contributed by atoms with van der Waals surface area (Å²) >= 11 is 1.20. The fraction of sp³-hybridized carbons (Fsp3) is 0.167. The van der Waals surface area contributed by atoms with E-state index < -0.39 is 5.25 Å². The molecule has 2 amide bonds. The van der Waals surface area contributed by atoms with Crippen LogP contribution in [-0.2, 0) is 9.59 Å². The van der Waals surface area contributed by atoms with Gasteiger partial charge in [0, 0.05) is 6.42 Å². The molecule has 24 heavy (non-hydrogen) atoms. The van der Waals surface area contributed by atoms with Crippen LogP contribution in [0, 0.1) is 6.92 Å². The Labute approximate surface area is 142 Å². The highest BCUT2D eigenvalue weighted by molar-refractivity contribution is 8.00. The molecular formula is C18H14N2O3S. The van der Waals surface area contributed by atoms with Gasteiger partial charge in [-0.05, 0) is 31.2 Å². The minimum atomic E-state index is -0.508. The molecule has 1 fully saturated rings. The van der Waals surface area contributed by atoms with Gasteiger partial charge in [-0.25, -0.2) is 9.88 Å². The third-order valence-corrected chi connectivity index (χ3v) is 4.94. The van der Waals surface area contributed by atoms with Crippen LogP contribution in [0.1, 0.15) is 12.0 Å². The first kappa shape index (κ1) is 15.0. The summed E-state index contributed by atoms with van der Waals surface area (Å²) in [4.78, 5) is 30.5. The lowest BCUT2D eigenvalue weighted by Gasteiger charge is -2.14. The van der Waals surface area contributed by atoms with Crippen molar-refractivity contribution in [2.24, 2.45) is 0 Å². The number of hydrogen-bond acceptors (Lipinski definition) is 5. The van der Waals surface area contributed by atoms with Gasteiger partial charge in [-0.3, -0.25) is 9.59 Å². The molecule has 1 aliphatic heterocycles. The number of rotatable bonds is 3. The van der Waals surface area contributed by atoms with E-state index in [1.807, 2.05) is 43.3 Å². The van der Waals surface area contributed by atoms with Crippen LogP contribution >= 0.6 is 11.8 Å². The van der Waals surface area contributed by atoms with Crippen molar-refractivity contribution in [1.29, 1.82) is 0 Å². The van der Waals surface area contributed by atoms with E-state index in [-0.39, 0.29) is 18.2 Å². The van der Waals surface area contributed by atoms with Crippen LogP contribution in [0.2, 0.25) is 0 Å². The summed E-state index contributed by atoms with van der Waals surface area (Å²) in [6.45, 7) is 1.96. The SMILES string of the molecule is Cc1ccc(N2C(=O)CC(Sc3nc4ccccc4o3)C2=O)cc1. The highest BCUT2D eigenvalue weighted by Crippen LogP contribution is 2.34. The van der Waals surface area contributed by atoms with Crippen LogP contribution in [0.3, 0.4) is 0 Å². The van der Waals surface area contributed by atoms with Crippen molar-refractivity contribution in [3.8, 4) is 0 Å². The van der Waals surface area contributed by atoms with E-state index in [0.29, 0.717) is 16.5 Å². The first-order chi connectivity index (χ1) is 11.6. The standard InChI is InChI=1S/C18H14N2O3S/c1-11-6-8-12(9-7-11)20-16(21)10-15(17(20)22)24-18-19-13-4-2-3-5-14(13)23-18/h2-9,15H,10H2,1H3. The summed E-state index contributed by atoms with van der Waals surface area (Å²) in [6.07, 6.45) is 0.149. The maximum absolute atomic E-state index is 12.6. The number of oxazole rings is 1. The predicted octanol–water partition coefficient (Wildman–Crippen LogP) is 3.56. The van der Waals surface area contributed by atoms with Crippen molar-refractivity contribution in [3.05, 3.63) is 54.1 Å². The smallest absolute Gasteiger partial charge is 0.257 e. The second kappa shape index (κ2) is 5.79. The van der Waals surface area contributed by atoms with E-state index in [4.69, 9.17) is 4.42 Å². The zero-order chi connectivity index (χ0) is 16.7. The largest absolute Gasteiger partial charge is 0.431 e. The molecular weight excluding hydrogens is 324 g/mol. The number of hydrogen-bond donors (Lipinski definition) is 0. The Morgan fingerprint density at radius 1 is 1.12 bits per heavy atom. The molecule has 1 saturated heterocycles. The second-order valence-electron chi connectivity index (χ2n) is 5.66. The van der Waals surface area contributed by atoms with Crippen LogP contribution in [0.25, 0.3) is 11.1 Å². The van der Waals surface area contributed by atoms with E-state index in [0.717, 1.165) is 11.1 Å². The topological polar surface area (TPSA) is 63.4 Å². The second-order valence-corrected chi connectivity index (χ2v) is 6.82. The molecule has 0 aliphatic carbocycles. The van der Waals surface area contributed by atoms with Crippen molar-refractivity contribution in [1.82, 2.24) is 4.98 Å². The lowest BCUT2D eigenvalue weighted by molar-refractivity contribution is -0.121. The number of thioether (sulfide) groups is 1. The van der Waals surface area contributed by atoms with Gasteiger partial charge in [0.25, 0.3) is 5.22 Å². The van der Waals surface area contributed by atoms with E-state index in [1.165, 1.54) is 16.7 Å². The van der Waals surface area contributed by atoms with E-state index >= 15 is 0 Å². The van der Waals surface area contributed by atoms with Crippen molar-refractivity contribution in [3.63, 3.8) is 0 Å². The molecule has 0 radical (unpaired) electrons. The van der Waals surface area contributed by atoms with Gasteiger partial charge in [0.2, 0.25) is 11.8 Å². The van der Waals surface area contributed by atoms with Gasteiger partial charge in [-0.15, -0.1) is 0 Å². The Morgan fingerprint density at radius 2 is 1.88 bits per heavy atom. The van der Waals surface area contributed by atoms with Gasteiger partial charge in [0.05, 0.1) is 5.69 Å². The van der Waals surface area contributed by atoms with Crippen LogP contribution < -0.4 is 4.90 Å². The molecule has 0 bridgehead atoms. The van der Waals surface area contributed by atoms with E-state index in [2.05, 4.69) is 4.98 Å². The highest BCUT2D eigenvalue weighted by Gasteiger charge is 2.41. The number of aryl methyl sites for hydroxylation is 1. The molecule has 3 aromatic rings. The number of amides is 2. The summed E-state index contributed by atoms with van der Waals surface area (Å²) in [5.41, 5.74) is 3.10. The monoisotopic (exact) mass is 338 g/mol. The first-order valence-electron chi connectivity index (χ1n) is 7.57. The summed E-state index contributed by atoms with van der Waals surface area (Å²) in [7, 11) is 0. The highest BCUT2D eigenvalue weighted by atomic mass is 32.2. The van der Waals surface area contributed by atoms with Crippen molar-refractivity contribution in [2.45, 2.75) is 23.8 Å². The molecule has 2 heterocycles. The molecule has 0 saturated carbocycles. The first-order valence-corrected chi connectivity index (χ1v) is 8.45. The molecule has 2 aromatic carbocycles. The van der Waals surface area contributed by atoms with Crippen molar-refractivity contribution >= 4 is 40.4 Å². The Balaban J connectivity index is 1.57. The molecule has 0 spiro atoms. The van der Waals surface area contributed by atoms with Crippen LogP contribution in [-0.4, -0.2) is 22.0 Å². The van der Waals surface area contributed by atoms with Crippen LogP contribution in [0.15, 0.2) is 58.2 Å². The quantitative estimate of drug-likeness (QED) is 0.683. The van der Waals surface area contributed by atoms with Crippen molar-refractivity contribution in [2.75, 3.05) is 4.90 Å². The van der Waals surface area contributed by atoms with Gasteiger partial charge in [-0.1, -0.05) is 41.6 Å². The molecule has 120 valence electrons. The fourth-order valence-corrected chi connectivity index (χ4v) is 3.65. The number of benzene rings is 2. The van der Waals surface area contributed by atoms with Crippen molar-refractivity contribution < 1.29 is 14.0 Å². The molecule has 5 nitrogen and oxygen atoms in total. The van der Waals surface area contributed by atoms with Gasteiger partial charge < -0.3 is 4.42 Å². The average Bonchev–Trinajstić information content (AvgIpc) is 3.09. The van der Waals surface area contributed by atoms with Crippen LogP contribution in [0.5, 0.6) is 0 Å². The predicted molar refractivity (Wildman–Crippen MR) is 91.9 cm³/mol. The summed E-state index contributed by atoms with van der Waals surface area (Å²) in [6, 6.07) is 14.8.